The van der Waals surface area contributed by atoms with Gasteiger partial charge in [0, 0.05) is 37.8 Å². The van der Waals surface area contributed by atoms with E-state index in [-0.39, 0.29) is 23.7 Å². The molecule has 0 bridgehead atoms. The van der Waals surface area contributed by atoms with E-state index in [2.05, 4.69) is 10.6 Å². The van der Waals surface area contributed by atoms with Crippen molar-refractivity contribution >= 4 is 6.03 Å². The van der Waals surface area contributed by atoms with Crippen LogP contribution in [0.4, 0.5) is 4.79 Å². The molecule has 9 heteroatoms. The van der Waals surface area contributed by atoms with E-state index in [9.17, 15) is 9.59 Å². The first-order valence-corrected chi connectivity index (χ1v) is 11.7. The molecule has 2 aromatic rings. The van der Waals surface area contributed by atoms with Crippen molar-refractivity contribution in [1.82, 2.24) is 14.4 Å². The molecule has 1 aromatic heterocycles. The number of nitrogens with zero attached hydrogens (tertiary/aromatic N) is 3. The number of amides is 2. The Bertz CT molecular complexity index is 1130. The summed E-state index contributed by atoms with van der Waals surface area (Å²) < 4.78 is 25.4. The molecule has 9 nitrogen and oxygen atoms in total. The molecule has 0 saturated carbocycles. The Morgan fingerprint density at radius 3 is 2.76 bits per heavy atom. The summed E-state index contributed by atoms with van der Waals surface area (Å²) in [5, 5.41) is 0. The molecule has 1 aromatic carbocycles. The molecule has 2 saturated heterocycles. The van der Waals surface area contributed by atoms with Crippen molar-refractivity contribution in [2.24, 2.45) is 0 Å². The monoisotopic (exact) mass is 469 g/mol. The zero-order chi connectivity index (χ0) is 23.8. The van der Waals surface area contributed by atoms with Gasteiger partial charge in [-0.25, -0.2) is 4.79 Å². The molecule has 1 atom stereocenters. The predicted molar refractivity (Wildman–Crippen MR) is 126 cm³/mol. The van der Waals surface area contributed by atoms with Crippen LogP contribution in [0.5, 0.6) is 11.6 Å². The minimum Gasteiger partial charge on any atom is -0.487 e. The van der Waals surface area contributed by atoms with Crippen LogP contribution in [0.1, 0.15) is 11.1 Å². The van der Waals surface area contributed by atoms with E-state index in [0.717, 1.165) is 29.0 Å². The first-order chi connectivity index (χ1) is 16.4. The van der Waals surface area contributed by atoms with Crippen LogP contribution in [0.15, 0.2) is 29.1 Å². The van der Waals surface area contributed by atoms with E-state index in [1.165, 1.54) is 0 Å². The van der Waals surface area contributed by atoms with Crippen LogP contribution in [0, 0.1) is 6.92 Å². The second kappa shape index (κ2) is 9.31. The summed E-state index contributed by atoms with van der Waals surface area (Å²) in [6.07, 6.45) is 0.664. The number of urea groups is 1. The maximum Gasteiger partial charge on any atom is 0.319 e. The molecule has 0 spiro atoms. The van der Waals surface area contributed by atoms with Gasteiger partial charge < -0.3 is 33.3 Å². The molecule has 5 rings (SSSR count). The Labute approximate surface area is 198 Å². The molecular weight excluding hydrogens is 438 g/mol. The second-order valence-electron chi connectivity index (χ2n) is 9.24. The Balaban J connectivity index is 1.33. The van der Waals surface area contributed by atoms with Gasteiger partial charge in [-0.15, -0.1) is 0 Å². The molecule has 2 fully saturated rings. The number of aryl methyl sites for hydroxylation is 1. The third-order valence-electron chi connectivity index (χ3n) is 6.56. The van der Waals surface area contributed by atoms with Crippen molar-refractivity contribution in [3.63, 3.8) is 0 Å². The van der Waals surface area contributed by atoms with Gasteiger partial charge in [-0.3, -0.25) is 4.79 Å². The van der Waals surface area contributed by atoms with Gasteiger partial charge >= 0.3 is 6.03 Å². The fourth-order valence-electron chi connectivity index (χ4n) is 4.69. The lowest BCUT2D eigenvalue weighted by Gasteiger charge is -2.40. The number of rotatable bonds is 5. The number of likely N-dealkylation sites (tertiary alicyclic amines) is 1. The van der Waals surface area contributed by atoms with Crippen LogP contribution in [0.25, 0.3) is 11.3 Å². The highest BCUT2D eigenvalue weighted by atomic mass is 16.6. The molecular formula is C25H31N3O6. The molecule has 0 unspecified atom stereocenters. The van der Waals surface area contributed by atoms with Crippen LogP contribution in [-0.4, -0.2) is 86.2 Å². The van der Waals surface area contributed by atoms with Crippen LogP contribution in [-0.2, 0) is 22.4 Å². The Hall–Kier alpha value is -3.04. The van der Waals surface area contributed by atoms with Gasteiger partial charge in [0.2, 0.25) is 0 Å². The van der Waals surface area contributed by atoms with Gasteiger partial charge in [0.05, 0.1) is 38.6 Å². The second-order valence-corrected chi connectivity index (χ2v) is 9.24. The minimum absolute atomic E-state index is 0.00316. The number of benzene rings is 1. The van der Waals surface area contributed by atoms with Crippen LogP contribution in [0.2, 0.25) is 0 Å². The number of carbonyl (C=O) groups is 1. The molecule has 0 aliphatic carbocycles. The summed E-state index contributed by atoms with van der Waals surface area (Å²) in [5.74, 6) is 1.35. The number of pyridine rings is 1. The fraction of sp³-hybridized carbons (Fsp3) is 0.520. The summed E-state index contributed by atoms with van der Waals surface area (Å²) in [7, 11) is 3.50. The van der Waals surface area contributed by atoms with Gasteiger partial charge in [-0.2, -0.15) is 0 Å². The van der Waals surface area contributed by atoms with Crippen LogP contribution < -0.4 is 14.9 Å². The normalized spacial score (nSPS) is 19.6. The van der Waals surface area contributed by atoms with E-state index in [1.807, 2.05) is 19.1 Å². The van der Waals surface area contributed by atoms with Crippen molar-refractivity contribution in [3.8, 4) is 22.9 Å². The lowest BCUT2D eigenvalue weighted by Crippen LogP contribution is -2.58. The molecule has 0 radical (unpaired) electrons. The van der Waals surface area contributed by atoms with E-state index >= 15 is 0 Å². The maximum atomic E-state index is 12.8. The SMILES string of the molecule is Cc1c2n(c(OC[C@@H]3COCCO3)cc1=O)CCc1cc(OC3CN(C(=O)N(C)C)C3)ccc1-2. The molecule has 182 valence electrons. The highest BCUT2D eigenvalue weighted by molar-refractivity contribution is 5.75. The number of carbonyl (C=O) groups excluding carboxylic acids is 1. The van der Waals surface area contributed by atoms with E-state index < -0.39 is 0 Å². The summed E-state index contributed by atoms with van der Waals surface area (Å²) in [5.41, 5.74) is 3.71. The summed E-state index contributed by atoms with van der Waals surface area (Å²) in [6, 6.07) is 7.59. The zero-order valence-electron chi connectivity index (χ0n) is 19.9. The standard InChI is InChI=1S/C25H31N3O6/c1-16-22(29)11-23(33-15-20-14-31-8-9-32-20)28-7-6-17-10-18(4-5-21(17)24(16)28)34-19-12-27(13-19)25(30)26(2)3/h4-5,10-11,19-20H,6-9,12-15H2,1-3H3/t20-/m0/s1. The van der Waals surface area contributed by atoms with Crippen molar-refractivity contribution in [1.29, 1.82) is 0 Å². The molecule has 3 aliphatic heterocycles. The highest BCUT2D eigenvalue weighted by Gasteiger charge is 2.33. The molecule has 3 aliphatic rings. The van der Waals surface area contributed by atoms with Gasteiger partial charge in [-0.1, -0.05) is 0 Å². The number of hydrogen-bond donors (Lipinski definition) is 0. The van der Waals surface area contributed by atoms with Crippen molar-refractivity contribution in [2.75, 3.05) is 53.6 Å². The minimum atomic E-state index is -0.132. The Morgan fingerprint density at radius 1 is 1.21 bits per heavy atom. The Morgan fingerprint density at radius 2 is 2.03 bits per heavy atom. The summed E-state index contributed by atoms with van der Waals surface area (Å²) in [6.45, 7) is 5.74. The Kier molecular flexibility index (Phi) is 6.22. The fourth-order valence-corrected chi connectivity index (χ4v) is 4.69. The molecule has 2 amide bonds. The molecule has 0 N–H and O–H groups in total. The first-order valence-electron chi connectivity index (χ1n) is 11.7. The smallest absolute Gasteiger partial charge is 0.319 e. The average molecular weight is 470 g/mol. The third kappa shape index (κ3) is 4.37. The summed E-state index contributed by atoms with van der Waals surface area (Å²) in [4.78, 5) is 28.1. The van der Waals surface area contributed by atoms with E-state index in [0.29, 0.717) is 57.5 Å². The first kappa shape index (κ1) is 22.7. The van der Waals surface area contributed by atoms with E-state index in [1.54, 1.807) is 30.0 Å². The van der Waals surface area contributed by atoms with Crippen molar-refractivity contribution < 1.29 is 23.7 Å². The number of hydrogen-bond acceptors (Lipinski definition) is 6. The van der Waals surface area contributed by atoms with Crippen molar-refractivity contribution in [2.45, 2.75) is 32.1 Å². The number of aromatic nitrogens is 1. The summed E-state index contributed by atoms with van der Waals surface area (Å²) >= 11 is 0. The third-order valence-corrected chi connectivity index (χ3v) is 6.56. The van der Waals surface area contributed by atoms with Crippen molar-refractivity contribution in [3.05, 3.63) is 45.6 Å². The molecule has 4 heterocycles. The van der Waals surface area contributed by atoms with Gasteiger partial charge in [0.1, 0.15) is 24.6 Å². The van der Waals surface area contributed by atoms with Gasteiger partial charge in [-0.05, 0) is 37.1 Å². The lowest BCUT2D eigenvalue weighted by atomic mass is 9.94. The molecule has 34 heavy (non-hydrogen) atoms. The quantitative estimate of drug-likeness (QED) is 0.666. The topological polar surface area (TPSA) is 82.5 Å². The highest BCUT2D eigenvalue weighted by Crippen LogP contribution is 2.36. The largest absolute Gasteiger partial charge is 0.487 e. The maximum absolute atomic E-state index is 12.8. The lowest BCUT2D eigenvalue weighted by molar-refractivity contribution is -0.102. The zero-order valence-corrected chi connectivity index (χ0v) is 19.9. The van der Waals surface area contributed by atoms with E-state index in [4.69, 9.17) is 18.9 Å². The number of ether oxygens (including phenoxy) is 4. The predicted octanol–water partition coefficient (Wildman–Crippen LogP) is 1.92. The van der Waals surface area contributed by atoms with Crippen LogP contribution in [0.3, 0.4) is 0 Å². The number of fused-ring (bicyclic) bond motifs is 3. The average Bonchev–Trinajstić information content (AvgIpc) is 2.82. The van der Waals surface area contributed by atoms with Gasteiger partial charge in [0.25, 0.3) is 0 Å². The van der Waals surface area contributed by atoms with Gasteiger partial charge in [0.15, 0.2) is 11.3 Å². The van der Waals surface area contributed by atoms with Crippen LogP contribution >= 0.6 is 0 Å².